The molecule has 1 amide bonds. The Morgan fingerprint density at radius 1 is 1.05 bits per heavy atom. The van der Waals surface area contributed by atoms with Crippen molar-refractivity contribution in [3.8, 4) is 0 Å². The fourth-order valence-electron chi connectivity index (χ4n) is 1.45. The van der Waals surface area contributed by atoms with Crippen LogP contribution < -0.4 is 5.32 Å². The summed E-state index contributed by atoms with van der Waals surface area (Å²) in [5, 5.41) is 3.95. The first-order valence-corrected chi connectivity index (χ1v) is 7.31. The minimum atomic E-state index is -0.114. The van der Waals surface area contributed by atoms with Crippen LogP contribution in [0.15, 0.2) is 48.5 Å². The molecule has 0 aromatic heterocycles. The van der Waals surface area contributed by atoms with Crippen molar-refractivity contribution in [1.82, 2.24) is 0 Å². The largest absolute Gasteiger partial charge is 0.317 e. The summed E-state index contributed by atoms with van der Waals surface area (Å²) in [6.45, 7) is 0. The van der Waals surface area contributed by atoms with Gasteiger partial charge in [-0.25, -0.2) is 0 Å². The first kappa shape index (κ1) is 14.3. The van der Waals surface area contributed by atoms with E-state index in [2.05, 4.69) is 5.32 Å². The number of nitrogens with one attached hydrogen (secondary N) is 1. The van der Waals surface area contributed by atoms with Gasteiger partial charge in [-0.15, -0.1) is 0 Å². The topological polar surface area (TPSA) is 29.1 Å². The quantitative estimate of drug-likeness (QED) is 0.815. The van der Waals surface area contributed by atoms with E-state index in [1.807, 2.05) is 24.3 Å². The second-order valence-electron chi connectivity index (χ2n) is 3.84. The second kappa shape index (κ2) is 6.85. The van der Waals surface area contributed by atoms with Crippen molar-refractivity contribution in [3.05, 3.63) is 64.1 Å². The zero-order valence-corrected chi connectivity index (χ0v) is 12.2. The Bertz CT molecular complexity index is 572. The van der Waals surface area contributed by atoms with Crippen LogP contribution in [0.25, 0.3) is 0 Å². The molecular weight excluding hydrogens is 301 g/mol. The molecule has 98 valence electrons. The molecule has 0 saturated heterocycles. The highest BCUT2D eigenvalue weighted by molar-refractivity contribution is 8.13. The van der Waals surface area contributed by atoms with E-state index in [9.17, 15) is 4.79 Å². The van der Waals surface area contributed by atoms with E-state index in [0.717, 1.165) is 5.56 Å². The number of thioether (sulfide) groups is 1. The summed E-state index contributed by atoms with van der Waals surface area (Å²) in [7, 11) is 0. The van der Waals surface area contributed by atoms with E-state index in [0.29, 0.717) is 21.5 Å². The highest BCUT2D eigenvalue weighted by Crippen LogP contribution is 2.20. The second-order valence-corrected chi connectivity index (χ2v) is 5.66. The Kier molecular flexibility index (Phi) is 5.14. The van der Waals surface area contributed by atoms with Crippen molar-refractivity contribution >= 4 is 45.9 Å². The molecule has 2 aromatic rings. The molecule has 0 spiro atoms. The number of anilines is 1. The smallest absolute Gasteiger partial charge is 0.283 e. The molecule has 2 rings (SSSR count). The van der Waals surface area contributed by atoms with Crippen molar-refractivity contribution in [2.24, 2.45) is 0 Å². The lowest BCUT2D eigenvalue weighted by Gasteiger charge is -2.05. The Morgan fingerprint density at radius 3 is 2.47 bits per heavy atom. The number of benzene rings is 2. The maximum Gasteiger partial charge on any atom is 0.283 e. The summed E-state index contributed by atoms with van der Waals surface area (Å²) >= 11 is 12.8. The molecule has 1 N–H and O–H groups in total. The Balaban J connectivity index is 1.86. The highest BCUT2D eigenvalue weighted by atomic mass is 35.5. The zero-order chi connectivity index (χ0) is 13.7. The number of amides is 1. The third-order valence-corrected chi connectivity index (χ3v) is 3.68. The molecule has 0 aliphatic rings. The molecule has 0 heterocycles. The van der Waals surface area contributed by atoms with Crippen LogP contribution in [0.5, 0.6) is 0 Å². The SMILES string of the molecule is O=C(Nc1cccc(Cl)c1)SCc1ccc(Cl)cc1. The predicted molar refractivity (Wildman–Crippen MR) is 83.2 cm³/mol. The van der Waals surface area contributed by atoms with E-state index in [1.54, 1.807) is 24.3 Å². The minimum Gasteiger partial charge on any atom is -0.317 e. The highest BCUT2D eigenvalue weighted by Gasteiger charge is 2.04. The number of halogens is 2. The number of hydrogen-bond acceptors (Lipinski definition) is 2. The van der Waals surface area contributed by atoms with Gasteiger partial charge in [0.05, 0.1) is 0 Å². The van der Waals surface area contributed by atoms with Gasteiger partial charge in [0.2, 0.25) is 0 Å². The number of carbonyl (C=O) groups is 1. The van der Waals surface area contributed by atoms with Crippen LogP contribution in [0, 0.1) is 0 Å². The van der Waals surface area contributed by atoms with E-state index in [1.165, 1.54) is 11.8 Å². The molecule has 0 fully saturated rings. The van der Waals surface area contributed by atoms with E-state index in [-0.39, 0.29) is 5.24 Å². The first-order chi connectivity index (χ1) is 9.13. The fourth-order valence-corrected chi connectivity index (χ4v) is 2.45. The predicted octanol–water partition coefficient (Wildman–Crippen LogP) is 5.46. The van der Waals surface area contributed by atoms with Gasteiger partial charge in [0.1, 0.15) is 0 Å². The van der Waals surface area contributed by atoms with Crippen molar-refractivity contribution in [3.63, 3.8) is 0 Å². The molecule has 0 aliphatic carbocycles. The summed E-state index contributed by atoms with van der Waals surface area (Å²) in [5.74, 6) is 0.601. The molecule has 0 unspecified atom stereocenters. The van der Waals surface area contributed by atoms with Crippen molar-refractivity contribution in [2.75, 3.05) is 5.32 Å². The van der Waals surface area contributed by atoms with E-state index < -0.39 is 0 Å². The number of carbonyl (C=O) groups excluding carboxylic acids is 1. The van der Waals surface area contributed by atoms with Gasteiger partial charge in [-0.3, -0.25) is 4.79 Å². The average Bonchev–Trinajstić information content (AvgIpc) is 2.38. The van der Waals surface area contributed by atoms with Gasteiger partial charge in [-0.05, 0) is 35.9 Å². The minimum absolute atomic E-state index is 0.114. The summed E-state index contributed by atoms with van der Waals surface area (Å²) in [6.07, 6.45) is 0. The molecule has 0 atom stereocenters. The lowest BCUT2D eigenvalue weighted by Crippen LogP contribution is -2.04. The third-order valence-electron chi connectivity index (χ3n) is 2.35. The normalized spacial score (nSPS) is 10.2. The van der Waals surface area contributed by atoms with Crippen LogP contribution in [-0.4, -0.2) is 5.24 Å². The molecule has 0 bridgehead atoms. The van der Waals surface area contributed by atoms with Crippen LogP contribution in [-0.2, 0) is 5.75 Å². The molecule has 2 aromatic carbocycles. The lowest BCUT2D eigenvalue weighted by atomic mass is 10.2. The molecular formula is C14H11Cl2NOS. The Morgan fingerprint density at radius 2 is 1.79 bits per heavy atom. The Hall–Kier alpha value is -1.16. The number of rotatable bonds is 3. The third kappa shape index (κ3) is 4.78. The molecule has 0 aliphatic heterocycles. The zero-order valence-electron chi connectivity index (χ0n) is 9.90. The van der Waals surface area contributed by atoms with E-state index in [4.69, 9.17) is 23.2 Å². The summed E-state index contributed by atoms with van der Waals surface area (Å²) in [4.78, 5) is 11.7. The molecule has 5 heteroatoms. The van der Waals surface area contributed by atoms with Gasteiger partial charge in [-0.2, -0.15) is 0 Å². The van der Waals surface area contributed by atoms with Crippen molar-refractivity contribution < 1.29 is 4.79 Å². The lowest BCUT2D eigenvalue weighted by molar-refractivity contribution is 0.269. The van der Waals surface area contributed by atoms with Gasteiger partial charge in [0, 0.05) is 21.5 Å². The number of hydrogen-bond donors (Lipinski definition) is 1. The molecule has 0 saturated carbocycles. The van der Waals surface area contributed by atoms with Crippen molar-refractivity contribution in [2.45, 2.75) is 5.75 Å². The van der Waals surface area contributed by atoms with Gasteiger partial charge < -0.3 is 5.32 Å². The van der Waals surface area contributed by atoms with Gasteiger partial charge in [-0.1, -0.05) is 53.2 Å². The Labute approximate surface area is 126 Å². The van der Waals surface area contributed by atoms with E-state index >= 15 is 0 Å². The summed E-state index contributed by atoms with van der Waals surface area (Å²) < 4.78 is 0. The van der Waals surface area contributed by atoms with Crippen LogP contribution in [0.4, 0.5) is 10.5 Å². The van der Waals surface area contributed by atoms with Crippen LogP contribution in [0.3, 0.4) is 0 Å². The summed E-state index contributed by atoms with van der Waals surface area (Å²) in [5.41, 5.74) is 1.75. The summed E-state index contributed by atoms with van der Waals surface area (Å²) in [6, 6.07) is 14.5. The van der Waals surface area contributed by atoms with Crippen molar-refractivity contribution in [1.29, 1.82) is 0 Å². The first-order valence-electron chi connectivity index (χ1n) is 5.57. The van der Waals surface area contributed by atoms with Crippen LogP contribution >= 0.6 is 35.0 Å². The van der Waals surface area contributed by atoms with Gasteiger partial charge in [0.25, 0.3) is 5.24 Å². The van der Waals surface area contributed by atoms with Crippen LogP contribution in [0.2, 0.25) is 10.0 Å². The maximum absolute atomic E-state index is 11.7. The standard InChI is InChI=1S/C14H11Cl2NOS/c15-11-6-4-10(5-7-11)9-19-14(18)17-13-3-1-2-12(16)8-13/h1-8H,9H2,(H,17,18). The van der Waals surface area contributed by atoms with Crippen LogP contribution in [0.1, 0.15) is 5.56 Å². The average molecular weight is 312 g/mol. The van der Waals surface area contributed by atoms with Gasteiger partial charge in [0.15, 0.2) is 0 Å². The molecule has 19 heavy (non-hydrogen) atoms. The van der Waals surface area contributed by atoms with Gasteiger partial charge >= 0.3 is 0 Å². The molecule has 2 nitrogen and oxygen atoms in total. The monoisotopic (exact) mass is 311 g/mol. The fraction of sp³-hybridized carbons (Fsp3) is 0.0714. The molecule has 0 radical (unpaired) electrons. The maximum atomic E-state index is 11.7.